The Morgan fingerprint density at radius 3 is 2.62 bits per heavy atom. The van der Waals surface area contributed by atoms with Gasteiger partial charge in [-0.05, 0) is 49.1 Å². The second kappa shape index (κ2) is 9.73. The van der Waals surface area contributed by atoms with Crippen molar-refractivity contribution in [3.63, 3.8) is 0 Å². The molecular weight excluding hydrogens is 470 g/mol. The Balaban J connectivity index is 1.44. The van der Waals surface area contributed by atoms with Crippen LogP contribution in [0.4, 0.5) is 16.3 Å². The zero-order valence-corrected chi connectivity index (χ0v) is 19.9. The van der Waals surface area contributed by atoms with Gasteiger partial charge in [0.2, 0.25) is 0 Å². The Morgan fingerprint density at radius 2 is 1.91 bits per heavy atom. The van der Waals surface area contributed by atoms with Gasteiger partial charge in [0.1, 0.15) is 0 Å². The summed E-state index contributed by atoms with van der Waals surface area (Å²) in [6.07, 6.45) is 1.51. The number of amides is 2. The number of hydrogen-bond acceptors (Lipinski definition) is 4. The molecule has 1 aliphatic heterocycles. The zero-order valence-electron chi connectivity index (χ0n) is 18.3. The normalized spacial score (nSPS) is 14.7. The minimum absolute atomic E-state index is 0.0452. The SMILES string of the molecule is CC(C)Cn1c(=O)c(N2CCC(NC(=O)Nc3cccc(Br)c3)CC2)nc2ccccc21. The highest BCUT2D eigenvalue weighted by atomic mass is 79.9. The molecule has 0 radical (unpaired) electrons. The summed E-state index contributed by atoms with van der Waals surface area (Å²) in [6, 6.07) is 15.1. The smallest absolute Gasteiger partial charge is 0.319 e. The molecule has 0 aliphatic carbocycles. The lowest BCUT2D eigenvalue weighted by atomic mass is 10.1. The molecule has 0 unspecified atom stereocenters. The quantitative estimate of drug-likeness (QED) is 0.539. The molecule has 0 spiro atoms. The van der Waals surface area contributed by atoms with Crippen molar-refractivity contribution in [2.24, 2.45) is 5.92 Å². The van der Waals surface area contributed by atoms with E-state index < -0.39 is 0 Å². The van der Waals surface area contributed by atoms with Crippen LogP contribution in [0.1, 0.15) is 26.7 Å². The van der Waals surface area contributed by atoms with E-state index in [4.69, 9.17) is 4.98 Å². The number of halogens is 1. The first-order chi connectivity index (χ1) is 15.4. The van der Waals surface area contributed by atoms with Crippen LogP contribution in [0, 0.1) is 5.92 Å². The zero-order chi connectivity index (χ0) is 22.7. The maximum Gasteiger partial charge on any atom is 0.319 e. The Hall–Kier alpha value is -2.87. The van der Waals surface area contributed by atoms with Gasteiger partial charge in [0.15, 0.2) is 5.82 Å². The molecule has 7 nitrogen and oxygen atoms in total. The number of hydrogen-bond donors (Lipinski definition) is 2. The van der Waals surface area contributed by atoms with Gasteiger partial charge in [-0.15, -0.1) is 0 Å². The average Bonchev–Trinajstić information content (AvgIpc) is 2.76. The highest BCUT2D eigenvalue weighted by Gasteiger charge is 2.24. The van der Waals surface area contributed by atoms with Crippen molar-refractivity contribution >= 4 is 44.5 Å². The number of nitrogens with one attached hydrogen (secondary N) is 2. The van der Waals surface area contributed by atoms with E-state index in [1.165, 1.54) is 0 Å². The van der Waals surface area contributed by atoms with Crippen LogP contribution in [0.25, 0.3) is 11.0 Å². The van der Waals surface area contributed by atoms with E-state index in [9.17, 15) is 9.59 Å². The Labute approximate surface area is 196 Å². The van der Waals surface area contributed by atoms with Gasteiger partial charge in [0.25, 0.3) is 5.56 Å². The van der Waals surface area contributed by atoms with Crippen LogP contribution in [0.3, 0.4) is 0 Å². The average molecular weight is 498 g/mol. The first-order valence-corrected chi connectivity index (χ1v) is 11.8. The van der Waals surface area contributed by atoms with E-state index >= 15 is 0 Å². The van der Waals surface area contributed by atoms with Crippen molar-refractivity contribution in [2.75, 3.05) is 23.3 Å². The molecule has 1 aromatic heterocycles. The molecular formula is C24H28BrN5O2. The van der Waals surface area contributed by atoms with E-state index in [2.05, 4.69) is 45.3 Å². The molecule has 2 amide bonds. The Kier molecular flexibility index (Phi) is 6.79. The van der Waals surface area contributed by atoms with Gasteiger partial charge >= 0.3 is 6.03 Å². The third kappa shape index (κ3) is 5.12. The number of rotatable bonds is 5. The van der Waals surface area contributed by atoms with Crippen LogP contribution in [-0.2, 0) is 6.54 Å². The van der Waals surface area contributed by atoms with Gasteiger partial charge in [-0.1, -0.05) is 48.0 Å². The maximum absolute atomic E-state index is 13.3. The first kappa shape index (κ1) is 22.3. The predicted octanol–water partition coefficient (Wildman–Crippen LogP) is 4.61. The van der Waals surface area contributed by atoms with Crippen LogP contribution in [0.15, 0.2) is 57.8 Å². The Bertz CT molecular complexity index is 1170. The molecule has 8 heteroatoms. The topological polar surface area (TPSA) is 79.3 Å². The predicted molar refractivity (Wildman–Crippen MR) is 132 cm³/mol. The van der Waals surface area contributed by atoms with Crippen LogP contribution < -0.4 is 21.1 Å². The van der Waals surface area contributed by atoms with Crippen molar-refractivity contribution in [1.29, 1.82) is 0 Å². The van der Waals surface area contributed by atoms with Crippen LogP contribution >= 0.6 is 15.9 Å². The lowest BCUT2D eigenvalue weighted by Gasteiger charge is -2.33. The number of anilines is 2. The molecule has 3 aromatic rings. The summed E-state index contributed by atoms with van der Waals surface area (Å²) in [6.45, 7) is 6.21. The number of piperidine rings is 1. The number of nitrogens with zero attached hydrogens (tertiary/aromatic N) is 3. The summed E-state index contributed by atoms with van der Waals surface area (Å²) in [7, 11) is 0. The van der Waals surface area contributed by atoms with Crippen molar-refractivity contribution in [2.45, 2.75) is 39.3 Å². The second-order valence-corrected chi connectivity index (χ2v) is 9.52. The third-order valence-corrected chi connectivity index (χ3v) is 6.09. The number of carbonyl (C=O) groups excluding carboxylic acids is 1. The lowest BCUT2D eigenvalue weighted by molar-refractivity contribution is 0.246. The number of aromatic nitrogens is 2. The highest BCUT2D eigenvalue weighted by molar-refractivity contribution is 9.10. The molecule has 0 bridgehead atoms. The number of fused-ring (bicyclic) bond motifs is 1. The van der Waals surface area contributed by atoms with E-state index in [1.807, 2.05) is 53.1 Å². The summed E-state index contributed by atoms with van der Waals surface area (Å²) >= 11 is 3.41. The molecule has 2 aromatic carbocycles. The number of para-hydroxylation sites is 2. The minimum atomic E-state index is -0.218. The van der Waals surface area contributed by atoms with Crippen molar-refractivity contribution in [3.8, 4) is 0 Å². The van der Waals surface area contributed by atoms with Crippen LogP contribution in [-0.4, -0.2) is 34.7 Å². The molecule has 4 rings (SSSR count). The summed E-state index contributed by atoms with van der Waals surface area (Å²) in [5.74, 6) is 0.853. The van der Waals surface area contributed by atoms with Crippen molar-refractivity contribution in [1.82, 2.24) is 14.9 Å². The van der Waals surface area contributed by atoms with Gasteiger partial charge in [0, 0.05) is 35.8 Å². The molecule has 2 heterocycles. The third-order valence-electron chi connectivity index (χ3n) is 5.60. The van der Waals surface area contributed by atoms with E-state index in [0.29, 0.717) is 31.4 Å². The largest absolute Gasteiger partial charge is 0.352 e. The molecule has 1 saturated heterocycles. The molecule has 1 aliphatic rings. The fraction of sp³-hybridized carbons (Fsp3) is 0.375. The van der Waals surface area contributed by atoms with Crippen molar-refractivity contribution in [3.05, 3.63) is 63.4 Å². The minimum Gasteiger partial charge on any atom is -0.352 e. The molecule has 0 saturated carbocycles. The number of benzene rings is 2. The number of carbonyl (C=O) groups is 1. The van der Waals surface area contributed by atoms with E-state index in [1.54, 1.807) is 0 Å². The van der Waals surface area contributed by atoms with Gasteiger partial charge in [-0.3, -0.25) is 4.79 Å². The van der Waals surface area contributed by atoms with Gasteiger partial charge < -0.3 is 20.1 Å². The van der Waals surface area contributed by atoms with Crippen LogP contribution in [0.5, 0.6) is 0 Å². The molecule has 1 fully saturated rings. The van der Waals surface area contributed by atoms with Crippen LogP contribution in [0.2, 0.25) is 0 Å². The highest BCUT2D eigenvalue weighted by Crippen LogP contribution is 2.20. The van der Waals surface area contributed by atoms with E-state index in [-0.39, 0.29) is 17.6 Å². The fourth-order valence-corrected chi connectivity index (χ4v) is 4.49. The summed E-state index contributed by atoms with van der Waals surface area (Å²) < 4.78 is 2.76. The summed E-state index contributed by atoms with van der Waals surface area (Å²) in [5, 5.41) is 5.91. The van der Waals surface area contributed by atoms with Crippen molar-refractivity contribution < 1.29 is 4.79 Å². The number of urea groups is 1. The van der Waals surface area contributed by atoms with Gasteiger partial charge in [0.05, 0.1) is 11.0 Å². The standard InChI is InChI=1S/C24H28BrN5O2/c1-16(2)15-30-21-9-4-3-8-20(21)28-22(23(30)31)29-12-10-18(11-13-29)26-24(32)27-19-7-5-6-17(25)14-19/h3-9,14,16,18H,10-13,15H2,1-2H3,(H2,26,27,32). The summed E-state index contributed by atoms with van der Waals surface area (Å²) in [4.78, 5) is 32.4. The molecule has 2 N–H and O–H groups in total. The van der Waals surface area contributed by atoms with Gasteiger partial charge in [-0.25, -0.2) is 9.78 Å². The fourth-order valence-electron chi connectivity index (χ4n) is 4.09. The van der Waals surface area contributed by atoms with E-state index in [0.717, 1.165) is 34.0 Å². The molecule has 32 heavy (non-hydrogen) atoms. The monoisotopic (exact) mass is 497 g/mol. The lowest BCUT2D eigenvalue weighted by Crippen LogP contribution is -2.47. The molecule has 168 valence electrons. The molecule has 0 atom stereocenters. The Morgan fingerprint density at radius 1 is 1.16 bits per heavy atom. The first-order valence-electron chi connectivity index (χ1n) is 11.0. The second-order valence-electron chi connectivity index (χ2n) is 8.60. The van der Waals surface area contributed by atoms with Gasteiger partial charge in [-0.2, -0.15) is 0 Å². The maximum atomic E-state index is 13.3. The summed E-state index contributed by atoms with van der Waals surface area (Å²) in [5.41, 5.74) is 2.39.